The highest BCUT2D eigenvalue weighted by atomic mass is 16.5. The number of hydrogen-bond acceptors (Lipinski definition) is 5. The highest BCUT2D eigenvalue weighted by Gasteiger charge is 2.30. The average Bonchev–Trinajstić information content (AvgIpc) is 3.18. The summed E-state index contributed by atoms with van der Waals surface area (Å²) < 4.78 is 10.3. The maximum absolute atomic E-state index is 12.3. The number of aliphatic carboxylic acids is 1. The molecule has 3 rings (SSSR count). The Morgan fingerprint density at radius 3 is 3.00 bits per heavy atom. The van der Waals surface area contributed by atoms with Crippen LogP contribution in [0.4, 0.5) is 0 Å². The minimum Gasteiger partial charge on any atom is -0.481 e. The van der Waals surface area contributed by atoms with Crippen LogP contribution in [0.1, 0.15) is 23.3 Å². The van der Waals surface area contributed by atoms with Crippen LogP contribution in [-0.4, -0.2) is 40.1 Å². The Morgan fingerprint density at radius 1 is 1.43 bits per heavy atom. The molecule has 0 aliphatic carbocycles. The lowest BCUT2D eigenvalue weighted by Crippen LogP contribution is -2.29. The predicted octanol–water partition coefficient (Wildman–Crippen LogP) is 1.87. The number of amides is 1. The van der Waals surface area contributed by atoms with E-state index in [1.165, 1.54) is 12.3 Å². The van der Waals surface area contributed by atoms with Crippen molar-refractivity contribution in [3.05, 3.63) is 30.2 Å². The van der Waals surface area contributed by atoms with Crippen LogP contribution >= 0.6 is 0 Å². The number of carbonyl (C=O) groups excluding carboxylic acids is 1. The molecule has 2 aromatic rings. The number of carboxylic acids is 1. The minimum absolute atomic E-state index is 0.00268. The molecule has 21 heavy (non-hydrogen) atoms. The van der Waals surface area contributed by atoms with Crippen LogP contribution in [0.25, 0.3) is 11.5 Å². The van der Waals surface area contributed by atoms with Gasteiger partial charge in [0.05, 0.1) is 6.26 Å². The van der Waals surface area contributed by atoms with Gasteiger partial charge in [0.15, 0.2) is 11.5 Å². The first-order valence-electron chi connectivity index (χ1n) is 6.65. The van der Waals surface area contributed by atoms with Crippen molar-refractivity contribution in [3.8, 4) is 11.5 Å². The van der Waals surface area contributed by atoms with Gasteiger partial charge in [0, 0.05) is 25.6 Å². The van der Waals surface area contributed by atoms with E-state index in [9.17, 15) is 9.59 Å². The molecule has 110 valence electrons. The summed E-state index contributed by atoms with van der Waals surface area (Å²) >= 11 is 0. The Bertz CT molecular complexity index is 646. The zero-order valence-corrected chi connectivity index (χ0v) is 11.2. The number of likely N-dealkylation sites (tertiary alicyclic amines) is 1. The molecule has 1 N–H and O–H groups in total. The number of furan rings is 1. The lowest BCUT2D eigenvalue weighted by atomic mass is 10.1. The fourth-order valence-electron chi connectivity index (χ4n) is 2.50. The van der Waals surface area contributed by atoms with E-state index in [2.05, 4.69) is 5.16 Å². The van der Waals surface area contributed by atoms with Gasteiger partial charge in [-0.15, -0.1) is 0 Å². The van der Waals surface area contributed by atoms with Crippen molar-refractivity contribution < 1.29 is 23.6 Å². The van der Waals surface area contributed by atoms with Crippen molar-refractivity contribution in [1.82, 2.24) is 10.1 Å². The number of carboxylic acid groups (broad SMARTS) is 1. The quantitative estimate of drug-likeness (QED) is 0.923. The second-order valence-electron chi connectivity index (χ2n) is 5.06. The molecule has 0 radical (unpaired) electrons. The lowest BCUT2D eigenvalue weighted by Gasteiger charge is -2.13. The van der Waals surface area contributed by atoms with E-state index in [4.69, 9.17) is 14.0 Å². The maximum Gasteiger partial charge on any atom is 0.303 e. The normalized spacial score (nSPS) is 18.1. The van der Waals surface area contributed by atoms with E-state index in [0.29, 0.717) is 31.0 Å². The lowest BCUT2D eigenvalue weighted by molar-refractivity contribution is -0.138. The molecular formula is C14H14N2O5. The molecule has 2 aromatic heterocycles. The fraction of sp³-hybridized carbons (Fsp3) is 0.357. The van der Waals surface area contributed by atoms with Crippen molar-refractivity contribution in [2.75, 3.05) is 13.1 Å². The van der Waals surface area contributed by atoms with Crippen LogP contribution in [0.15, 0.2) is 33.4 Å². The standard InChI is InChI=1S/C14H14N2O5/c17-13(18)6-9-3-4-16(8-9)14(19)10-7-12(21-15-10)11-2-1-5-20-11/h1-2,5,7,9H,3-4,6,8H2,(H,17,18). The van der Waals surface area contributed by atoms with Crippen molar-refractivity contribution in [3.63, 3.8) is 0 Å². The molecule has 1 saturated heterocycles. The van der Waals surface area contributed by atoms with Crippen molar-refractivity contribution in [1.29, 1.82) is 0 Å². The molecule has 1 atom stereocenters. The third-order valence-electron chi connectivity index (χ3n) is 3.53. The van der Waals surface area contributed by atoms with Crippen LogP contribution in [-0.2, 0) is 4.79 Å². The number of aromatic nitrogens is 1. The molecule has 1 amide bonds. The van der Waals surface area contributed by atoms with E-state index in [-0.39, 0.29) is 23.9 Å². The Kier molecular flexibility index (Phi) is 3.47. The molecule has 0 saturated carbocycles. The first kappa shape index (κ1) is 13.4. The first-order valence-corrected chi connectivity index (χ1v) is 6.65. The molecule has 0 bridgehead atoms. The number of nitrogens with zero attached hydrogens (tertiary/aromatic N) is 2. The highest BCUT2D eigenvalue weighted by Crippen LogP contribution is 2.24. The van der Waals surface area contributed by atoms with Crippen LogP contribution in [0.2, 0.25) is 0 Å². The summed E-state index contributed by atoms with van der Waals surface area (Å²) in [5.41, 5.74) is 0.206. The van der Waals surface area contributed by atoms with Gasteiger partial charge < -0.3 is 18.9 Å². The van der Waals surface area contributed by atoms with E-state index >= 15 is 0 Å². The molecule has 1 unspecified atom stereocenters. The number of hydrogen-bond donors (Lipinski definition) is 1. The van der Waals surface area contributed by atoms with Gasteiger partial charge in [-0.3, -0.25) is 9.59 Å². The summed E-state index contributed by atoms with van der Waals surface area (Å²) in [5.74, 6) is -0.181. The van der Waals surface area contributed by atoms with E-state index < -0.39 is 5.97 Å². The molecule has 1 fully saturated rings. The summed E-state index contributed by atoms with van der Waals surface area (Å²) in [4.78, 5) is 24.6. The monoisotopic (exact) mass is 290 g/mol. The third-order valence-corrected chi connectivity index (χ3v) is 3.53. The average molecular weight is 290 g/mol. The Morgan fingerprint density at radius 2 is 2.29 bits per heavy atom. The highest BCUT2D eigenvalue weighted by molar-refractivity contribution is 5.93. The molecule has 7 heteroatoms. The van der Waals surface area contributed by atoms with Crippen LogP contribution in [0.5, 0.6) is 0 Å². The zero-order valence-electron chi connectivity index (χ0n) is 11.2. The third kappa shape index (κ3) is 2.81. The van der Waals surface area contributed by atoms with Gasteiger partial charge in [0.25, 0.3) is 5.91 Å². The minimum atomic E-state index is -0.837. The SMILES string of the molecule is O=C(O)CC1CCN(C(=O)c2cc(-c3ccco3)on2)C1. The van der Waals surface area contributed by atoms with E-state index in [1.54, 1.807) is 17.0 Å². The Hall–Kier alpha value is -2.57. The summed E-state index contributed by atoms with van der Waals surface area (Å²) in [6, 6.07) is 4.97. The van der Waals surface area contributed by atoms with Gasteiger partial charge in [0.2, 0.25) is 5.76 Å². The van der Waals surface area contributed by atoms with Crippen molar-refractivity contribution >= 4 is 11.9 Å². The first-order chi connectivity index (χ1) is 10.1. The predicted molar refractivity (Wildman–Crippen MR) is 70.5 cm³/mol. The van der Waals surface area contributed by atoms with E-state index in [0.717, 1.165) is 0 Å². The second-order valence-corrected chi connectivity index (χ2v) is 5.06. The molecule has 7 nitrogen and oxygen atoms in total. The van der Waals surface area contributed by atoms with Gasteiger partial charge in [-0.05, 0) is 24.5 Å². The van der Waals surface area contributed by atoms with Crippen molar-refractivity contribution in [2.45, 2.75) is 12.8 Å². The number of carbonyl (C=O) groups is 2. The van der Waals surface area contributed by atoms with Crippen LogP contribution in [0.3, 0.4) is 0 Å². The largest absolute Gasteiger partial charge is 0.481 e. The summed E-state index contributed by atoms with van der Waals surface area (Å²) in [6.45, 7) is 0.980. The Balaban J connectivity index is 1.68. The molecule has 1 aliphatic rings. The van der Waals surface area contributed by atoms with Gasteiger partial charge in [-0.1, -0.05) is 5.16 Å². The number of rotatable bonds is 4. The van der Waals surface area contributed by atoms with E-state index in [1.807, 2.05) is 0 Å². The van der Waals surface area contributed by atoms with Crippen LogP contribution in [0, 0.1) is 5.92 Å². The molecule has 0 spiro atoms. The topological polar surface area (TPSA) is 96.8 Å². The smallest absolute Gasteiger partial charge is 0.303 e. The summed E-state index contributed by atoms with van der Waals surface area (Å²) in [7, 11) is 0. The summed E-state index contributed by atoms with van der Waals surface area (Å²) in [6.07, 6.45) is 2.29. The summed E-state index contributed by atoms with van der Waals surface area (Å²) in [5, 5.41) is 12.5. The van der Waals surface area contributed by atoms with Gasteiger partial charge >= 0.3 is 5.97 Å². The van der Waals surface area contributed by atoms with Gasteiger partial charge in [-0.2, -0.15) is 0 Å². The molecule has 0 aromatic carbocycles. The Labute approximate surface area is 120 Å². The van der Waals surface area contributed by atoms with Crippen LogP contribution < -0.4 is 0 Å². The van der Waals surface area contributed by atoms with Gasteiger partial charge in [0.1, 0.15) is 0 Å². The zero-order chi connectivity index (χ0) is 14.8. The second kappa shape index (κ2) is 5.43. The molecule has 1 aliphatic heterocycles. The maximum atomic E-state index is 12.3. The fourth-order valence-corrected chi connectivity index (χ4v) is 2.50. The van der Waals surface area contributed by atoms with Gasteiger partial charge in [-0.25, -0.2) is 0 Å². The molecular weight excluding hydrogens is 276 g/mol. The van der Waals surface area contributed by atoms with Crippen molar-refractivity contribution in [2.24, 2.45) is 5.92 Å². The molecule has 3 heterocycles.